The Kier molecular flexibility index (Phi) is 5.05. The summed E-state index contributed by atoms with van der Waals surface area (Å²) >= 11 is 0. The lowest BCUT2D eigenvalue weighted by Crippen LogP contribution is -2.25. The summed E-state index contributed by atoms with van der Waals surface area (Å²) in [6.45, 7) is 2.51. The molecule has 6 nitrogen and oxygen atoms in total. The van der Waals surface area contributed by atoms with E-state index in [1.807, 2.05) is 30.3 Å². The highest BCUT2D eigenvalue weighted by Crippen LogP contribution is 2.66. The molecule has 192 valence electrons. The van der Waals surface area contributed by atoms with Crippen LogP contribution in [-0.2, 0) is 28.8 Å². The zero-order valence-corrected chi connectivity index (χ0v) is 21.5. The largest absolute Gasteiger partial charge is 0.494 e. The summed E-state index contributed by atoms with van der Waals surface area (Å²) in [4.78, 5) is 0. The molecule has 1 aromatic heterocycles. The predicted molar refractivity (Wildman–Crippen MR) is 144 cm³/mol. The second-order valence-corrected chi connectivity index (χ2v) is 10.8. The number of rotatable bonds is 6. The van der Waals surface area contributed by atoms with Crippen molar-refractivity contribution in [3.63, 3.8) is 0 Å². The number of hydrogen-bond donors (Lipinski definition) is 2. The van der Waals surface area contributed by atoms with Crippen LogP contribution >= 0.6 is 0 Å². The van der Waals surface area contributed by atoms with Crippen molar-refractivity contribution in [3.8, 4) is 29.3 Å². The van der Waals surface area contributed by atoms with Gasteiger partial charge in [0.15, 0.2) is 0 Å². The first-order chi connectivity index (χ1) is 18.5. The van der Waals surface area contributed by atoms with E-state index >= 15 is 0 Å². The van der Waals surface area contributed by atoms with Crippen LogP contribution in [0, 0.1) is 11.3 Å². The molecule has 3 aromatic carbocycles. The fraction of sp³-hybridized carbons (Fsp3) is 0.344. The molecule has 38 heavy (non-hydrogen) atoms. The zero-order valence-electron chi connectivity index (χ0n) is 21.5. The molecule has 1 fully saturated rings. The highest BCUT2D eigenvalue weighted by molar-refractivity contribution is 5.95. The van der Waals surface area contributed by atoms with Gasteiger partial charge in [-0.3, -0.25) is 4.57 Å². The number of aromatic hydroxyl groups is 2. The molecule has 3 aliphatic rings. The average molecular weight is 507 g/mol. The fourth-order valence-electron chi connectivity index (χ4n) is 7.14. The summed E-state index contributed by atoms with van der Waals surface area (Å²) < 4.78 is 14.5. The van der Waals surface area contributed by atoms with Gasteiger partial charge in [0, 0.05) is 17.2 Å². The third-order valence-corrected chi connectivity index (χ3v) is 9.03. The molecule has 0 saturated carbocycles. The van der Waals surface area contributed by atoms with Gasteiger partial charge in [-0.25, -0.2) is 0 Å². The van der Waals surface area contributed by atoms with Crippen molar-refractivity contribution >= 4 is 10.8 Å². The van der Waals surface area contributed by atoms with E-state index in [9.17, 15) is 15.5 Å². The van der Waals surface area contributed by atoms with E-state index in [4.69, 9.17) is 9.47 Å². The molecule has 6 heteroatoms. The van der Waals surface area contributed by atoms with Crippen LogP contribution in [-0.4, -0.2) is 21.4 Å². The van der Waals surface area contributed by atoms with Crippen LogP contribution in [0.15, 0.2) is 54.6 Å². The first kappa shape index (κ1) is 23.2. The number of nitrogens with zero attached hydrogens (tertiary/aromatic N) is 2. The van der Waals surface area contributed by atoms with Gasteiger partial charge in [-0.1, -0.05) is 37.3 Å². The summed E-state index contributed by atoms with van der Waals surface area (Å²) in [6.07, 6.45) is 6.25. The lowest BCUT2D eigenvalue weighted by atomic mass is 9.76. The second kappa shape index (κ2) is 8.28. The first-order valence-corrected chi connectivity index (χ1v) is 13.5. The van der Waals surface area contributed by atoms with Crippen molar-refractivity contribution in [2.75, 3.05) is 6.61 Å². The van der Waals surface area contributed by atoms with Crippen molar-refractivity contribution in [2.24, 2.45) is 0 Å². The summed E-state index contributed by atoms with van der Waals surface area (Å²) in [7, 11) is 0. The highest BCUT2D eigenvalue weighted by Gasteiger charge is 2.62. The molecule has 7 rings (SSSR count). The number of nitriles is 1. The SMILES string of the molecule is CC[C@]12CC[C@](CCOc3ccc4c(c3)CCC4)(O1)c1c2c(O)n(-c2ccc(C#N)c3ccccc23)c1O. The van der Waals surface area contributed by atoms with Crippen LogP contribution in [0.25, 0.3) is 16.5 Å². The topological polar surface area (TPSA) is 87.6 Å². The molecule has 1 aliphatic carbocycles. The minimum atomic E-state index is -0.725. The first-order valence-electron chi connectivity index (χ1n) is 13.5. The van der Waals surface area contributed by atoms with Gasteiger partial charge in [0.25, 0.3) is 0 Å². The maximum absolute atomic E-state index is 11.7. The van der Waals surface area contributed by atoms with E-state index < -0.39 is 11.2 Å². The molecule has 0 spiro atoms. The van der Waals surface area contributed by atoms with Crippen molar-refractivity contribution in [2.45, 2.75) is 63.1 Å². The smallest absolute Gasteiger partial charge is 0.205 e. The predicted octanol–water partition coefficient (Wildman–Crippen LogP) is 6.50. The van der Waals surface area contributed by atoms with Crippen LogP contribution < -0.4 is 4.74 Å². The van der Waals surface area contributed by atoms with E-state index in [1.54, 1.807) is 12.1 Å². The van der Waals surface area contributed by atoms with Gasteiger partial charge in [-0.2, -0.15) is 5.26 Å². The molecule has 2 bridgehead atoms. The van der Waals surface area contributed by atoms with Gasteiger partial charge in [0.05, 0.1) is 40.7 Å². The number of benzene rings is 3. The van der Waals surface area contributed by atoms with E-state index in [-0.39, 0.29) is 11.8 Å². The fourth-order valence-corrected chi connectivity index (χ4v) is 7.14. The normalized spacial score (nSPS) is 22.9. The Morgan fingerprint density at radius 2 is 1.68 bits per heavy atom. The number of fused-ring (bicyclic) bond motifs is 7. The van der Waals surface area contributed by atoms with Crippen LogP contribution in [0.2, 0.25) is 0 Å². The van der Waals surface area contributed by atoms with Crippen LogP contribution in [0.4, 0.5) is 0 Å². The maximum atomic E-state index is 11.7. The molecule has 1 saturated heterocycles. The molecular weight excluding hydrogens is 476 g/mol. The zero-order chi connectivity index (χ0) is 26.1. The lowest BCUT2D eigenvalue weighted by molar-refractivity contribution is -0.0986. The quantitative estimate of drug-likeness (QED) is 0.312. The van der Waals surface area contributed by atoms with E-state index in [0.29, 0.717) is 41.8 Å². The summed E-state index contributed by atoms with van der Waals surface area (Å²) in [5.74, 6) is 0.879. The Bertz CT molecular complexity index is 1650. The van der Waals surface area contributed by atoms with Crippen molar-refractivity contribution in [1.29, 1.82) is 5.26 Å². The Morgan fingerprint density at radius 1 is 0.947 bits per heavy atom. The van der Waals surface area contributed by atoms with Crippen molar-refractivity contribution < 1.29 is 19.7 Å². The highest BCUT2D eigenvalue weighted by atomic mass is 16.5. The average Bonchev–Trinajstić information content (AvgIpc) is 3.69. The maximum Gasteiger partial charge on any atom is 0.205 e. The third kappa shape index (κ3) is 3.09. The molecule has 0 radical (unpaired) electrons. The van der Waals surface area contributed by atoms with Crippen LogP contribution in [0.1, 0.15) is 66.8 Å². The summed E-state index contributed by atoms with van der Waals surface area (Å²) in [6, 6.07) is 19.7. The summed E-state index contributed by atoms with van der Waals surface area (Å²) in [5.41, 5.74) is 3.98. The minimum Gasteiger partial charge on any atom is -0.494 e. The summed E-state index contributed by atoms with van der Waals surface area (Å²) in [5, 5.41) is 34.5. The van der Waals surface area contributed by atoms with Crippen molar-refractivity contribution in [1.82, 2.24) is 4.57 Å². The Hall–Kier alpha value is -3.95. The van der Waals surface area contributed by atoms with E-state index in [0.717, 1.165) is 42.2 Å². The van der Waals surface area contributed by atoms with Crippen LogP contribution in [0.3, 0.4) is 0 Å². The Balaban J connectivity index is 1.28. The number of aryl methyl sites for hydroxylation is 2. The van der Waals surface area contributed by atoms with Gasteiger partial charge in [0.1, 0.15) is 11.4 Å². The van der Waals surface area contributed by atoms with Crippen LogP contribution in [0.5, 0.6) is 17.5 Å². The van der Waals surface area contributed by atoms with Crippen molar-refractivity contribution in [3.05, 3.63) is 82.4 Å². The van der Waals surface area contributed by atoms with Gasteiger partial charge in [0.2, 0.25) is 11.8 Å². The monoisotopic (exact) mass is 506 g/mol. The molecule has 3 heterocycles. The van der Waals surface area contributed by atoms with Gasteiger partial charge < -0.3 is 19.7 Å². The molecule has 2 aliphatic heterocycles. The van der Waals surface area contributed by atoms with Gasteiger partial charge in [-0.15, -0.1) is 0 Å². The molecule has 2 N–H and O–H groups in total. The van der Waals surface area contributed by atoms with E-state index in [2.05, 4.69) is 25.1 Å². The number of aromatic nitrogens is 1. The Labute approximate surface area is 221 Å². The number of ether oxygens (including phenoxy) is 2. The minimum absolute atomic E-state index is 0.0000773. The molecule has 4 aromatic rings. The van der Waals surface area contributed by atoms with Gasteiger partial charge in [-0.05, 0) is 73.9 Å². The molecule has 2 atom stereocenters. The standard InChI is InChI=1S/C32H30N2O4/c1-2-31-14-15-32(38-31,16-17-37-23-12-10-20-6-5-7-21(20)18-23)28-27(31)29(35)34(30(28)36)26-13-11-22(19-33)24-8-3-4-9-25(24)26/h3-4,8-13,18,35-36H,2,5-7,14-17H2,1H3/t31-,32-/m1/s1. The second-order valence-electron chi connectivity index (χ2n) is 10.8. The lowest BCUT2D eigenvalue weighted by Gasteiger charge is -2.27. The van der Waals surface area contributed by atoms with E-state index in [1.165, 1.54) is 22.1 Å². The third-order valence-electron chi connectivity index (χ3n) is 9.03. The van der Waals surface area contributed by atoms with Gasteiger partial charge >= 0.3 is 0 Å². The molecule has 0 unspecified atom stereocenters. The number of hydrogen-bond acceptors (Lipinski definition) is 5. The Morgan fingerprint density at radius 3 is 2.47 bits per heavy atom. The molecular formula is C32H30N2O4. The molecule has 0 amide bonds.